The lowest BCUT2D eigenvalue weighted by Crippen LogP contribution is -2.12. The zero-order valence-corrected chi connectivity index (χ0v) is 15.6. The Labute approximate surface area is 159 Å². The molecule has 1 aromatic heterocycles. The Balaban J connectivity index is 1.80. The summed E-state index contributed by atoms with van der Waals surface area (Å²) in [7, 11) is 0. The van der Waals surface area contributed by atoms with E-state index in [1.807, 2.05) is 0 Å². The monoisotopic (exact) mass is 384 g/mol. The highest BCUT2D eigenvalue weighted by atomic mass is 32.1. The van der Waals surface area contributed by atoms with Crippen molar-refractivity contribution in [1.82, 2.24) is 4.98 Å². The number of esters is 1. The van der Waals surface area contributed by atoms with Gasteiger partial charge in [-0.3, -0.25) is 4.79 Å². The number of anilines is 1. The quantitative estimate of drug-likeness (QED) is 0.648. The van der Waals surface area contributed by atoms with Crippen molar-refractivity contribution >= 4 is 28.9 Å². The molecule has 0 saturated heterocycles. The number of aromatic nitrogens is 1. The van der Waals surface area contributed by atoms with Crippen LogP contribution in [0.25, 0.3) is 10.6 Å². The maximum Gasteiger partial charge on any atom is 0.338 e. The number of hydrogen-bond donors (Lipinski definition) is 1. The topological polar surface area (TPSA) is 68.3 Å². The summed E-state index contributed by atoms with van der Waals surface area (Å²) in [5.74, 6) is -1.09. The van der Waals surface area contributed by atoms with Crippen molar-refractivity contribution in [2.45, 2.75) is 13.8 Å². The van der Waals surface area contributed by atoms with E-state index in [1.165, 1.54) is 23.5 Å². The molecule has 1 heterocycles. The highest BCUT2D eigenvalue weighted by Gasteiger charge is 2.17. The molecule has 7 heteroatoms. The third-order valence-electron chi connectivity index (χ3n) is 3.73. The van der Waals surface area contributed by atoms with Crippen LogP contribution in [-0.2, 0) is 4.74 Å². The van der Waals surface area contributed by atoms with Gasteiger partial charge in [-0.15, -0.1) is 11.3 Å². The first kappa shape index (κ1) is 18.7. The second-order valence-electron chi connectivity index (χ2n) is 5.70. The number of amides is 1. The number of hydrogen-bond acceptors (Lipinski definition) is 5. The lowest BCUT2D eigenvalue weighted by molar-refractivity contribution is 0.0526. The normalized spacial score (nSPS) is 10.5. The molecule has 2 aromatic carbocycles. The Morgan fingerprint density at radius 3 is 2.63 bits per heavy atom. The van der Waals surface area contributed by atoms with Crippen LogP contribution in [-0.4, -0.2) is 23.5 Å². The van der Waals surface area contributed by atoms with Gasteiger partial charge in [0.15, 0.2) is 0 Å². The summed E-state index contributed by atoms with van der Waals surface area (Å²) in [6.07, 6.45) is 0. The Kier molecular flexibility index (Phi) is 5.61. The third-order valence-corrected chi connectivity index (χ3v) is 4.93. The number of ether oxygens (including phenoxy) is 1. The van der Waals surface area contributed by atoms with Gasteiger partial charge < -0.3 is 10.1 Å². The van der Waals surface area contributed by atoms with Crippen molar-refractivity contribution in [3.63, 3.8) is 0 Å². The first-order valence-electron chi connectivity index (χ1n) is 8.30. The Hall–Kier alpha value is -3.06. The van der Waals surface area contributed by atoms with Gasteiger partial charge in [0.05, 0.1) is 17.9 Å². The van der Waals surface area contributed by atoms with Crippen LogP contribution in [0, 0.1) is 12.7 Å². The molecule has 27 heavy (non-hydrogen) atoms. The number of halogens is 1. The minimum absolute atomic E-state index is 0.279. The van der Waals surface area contributed by atoms with Crippen molar-refractivity contribution < 1.29 is 18.7 Å². The molecule has 0 aliphatic rings. The number of thiazole rings is 1. The number of aryl methyl sites for hydroxylation is 1. The Morgan fingerprint density at radius 1 is 1.19 bits per heavy atom. The molecule has 1 N–H and O–H groups in total. The van der Waals surface area contributed by atoms with Crippen LogP contribution in [0.4, 0.5) is 10.1 Å². The average Bonchev–Trinajstić information content (AvgIpc) is 3.04. The molecule has 3 aromatic rings. The predicted molar refractivity (Wildman–Crippen MR) is 103 cm³/mol. The molecule has 138 valence electrons. The van der Waals surface area contributed by atoms with Gasteiger partial charge >= 0.3 is 5.97 Å². The lowest BCUT2D eigenvalue weighted by Gasteiger charge is -2.06. The van der Waals surface area contributed by atoms with E-state index in [0.717, 1.165) is 5.56 Å². The van der Waals surface area contributed by atoms with Crippen molar-refractivity contribution in [3.8, 4) is 10.6 Å². The van der Waals surface area contributed by atoms with Crippen molar-refractivity contribution in [2.24, 2.45) is 0 Å². The Morgan fingerprint density at radius 2 is 1.93 bits per heavy atom. The Bertz CT molecular complexity index is 983. The maximum atomic E-state index is 13.1. The van der Waals surface area contributed by atoms with Gasteiger partial charge in [-0.1, -0.05) is 6.07 Å². The van der Waals surface area contributed by atoms with Gasteiger partial charge in [0.2, 0.25) is 0 Å². The highest BCUT2D eigenvalue weighted by Crippen LogP contribution is 2.28. The van der Waals surface area contributed by atoms with E-state index in [-0.39, 0.29) is 18.3 Å². The summed E-state index contributed by atoms with van der Waals surface area (Å²) in [6, 6.07) is 12.5. The smallest absolute Gasteiger partial charge is 0.338 e. The number of carbonyl (C=O) groups excluding carboxylic acids is 2. The molecular weight excluding hydrogens is 367 g/mol. The van der Waals surface area contributed by atoms with Crippen LogP contribution in [0.1, 0.15) is 32.6 Å². The van der Waals surface area contributed by atoms with Gasteiger partial charge in [-0.05, 0) is 56.3 Å². The van der Waals surface area contributed by atoms with Gasteiger partial charge in [-0.2, -0.15) is 0 Å². The second kappa shape index (κ2) is 8.09. The first-order chi connectivity index (χ1) is 13.0. The number of nitrogens with zero attached hydrogens (tertiary/aromatic N) is 1. The molecular formula is C20H17FN2O3S. The summed E-state index contributed by atoms with van der Waals surface area (Å²) in [5.41, 5.74) is 2.18. The van der Waals surface area contributed by atoms with E-state index in [2.05, 4.69) is 10.3 Å². The molecule has 5 nitrogen and oxygen atoms in total. The zero-order chi connectivity index (χ0) is 19.4. The van der Waals surface area contributed by atoms with Crippen LogP contribution < -0.4 is 5.32 Å². The van der Waals surface area contributed by atoms with E-state index in [9.17, 15) is 14.0 Å². The fraction of sp³-hybridized carbons (Fsp3) is 0.150. The molecule has 0 spiro atoms. The van der Waals surface area contributed by atoms with E-state index in [4.69, 9.17) is 4.74 Å². The molecule has 0 fully saturated rings. The van der Waals surface area contributed by atoms with Crippen LogP contribution in [0.5, 0.6) is 0 Å². The van der Waals surface area contributed by atoms with E-state index < -0.39 is 5.97 Å². The lowest BCUT2D eigenvalue weighted by atomic mass is 10.2. The minimum atomic E-state index is -0.443. The van der Waals surface area contributed by atoms with Crippen LogP contribution in [0.2, 0.25) is 0 Å². The summed E-state index contributed by atoms with van der Waals surface area (Å²) < 4.78 is 18.0. The predicted octanol–water partition coefficient (Wildman–Crippen LogP) is 4.69. The van der Waals surface area contributed by atoms with Gasteiger partial charge in [-0.25, -0.2) is 14.2 Å². The standard InChI is InChI=1S/C20H17FN2O3S/c1-3-26-20(25)14-5-4-6-16(11-14)23-18(24)17-12(2)22-19(27-17)13-7-9-15(21)10-8-13/h4-11H,3H2,1-2H3,(H,23,24). The second-order valence-corrected chi connectivity index (χ2v) is 6.69. The fourth-order valence-electron chi connectivity index (χ4n) is 2.45. The molecule has 0 saturated carbocycles. The number of benzene rings is 2. The SMILES string of the molecule is CCOC(=O)c1cccc(NC(=O)c2sc(-c3ccc(F)cc3)nc2C)c1. The van der Waals surface area contributed by atoms with Crippen molar-refractivity contribution in [2.75, 3.05) is 11.9 Å². The molecule has 0 unspecified atom stereocenters. The zero-order valence-electron chi connectivity index (χ0n) is 14.8. The summed E-state index contributed by atoms with van der Waals surface area (Å²) in [5, 5.41) is 3.41. The molecule has 0 radical (unpaired) electrons. The molecule has 0 bridgehead atoms. The van der Waals surface area contributed by atoms with Crippen molar-refractivity contribution in [1.29, 1.82) is 0 Å². The number of rotatable bonds is 5. The summed E-state index contributed by atoms with van der Waals surface area (Å²) in [6.45, 7) is 3.75. The van der Waals surface area contributed by atoms with Gasteiger partial charge in [0, 0.05) is 11.3 Å². The van der Waals surface area contributed by atoms with Crippen molar-refractivity contribution in [3.05, 3.63) is 70.5 Å². The number of carbonyl (C=O) groups is 2. The summed E-state index contributed by atoms with van der Waals surface area (Å²) in [4.78, 5) is 29.3. The fourth-order valence-corrected chi connectivity index (χ4v) is 3.42. The number of nitrogens with one attached hydrogen (secondary N) is 1. The highest BCUT2D eigenvalue weighted by molar-refractivity contribution is 7.17. The van der Waals surface area contributed by atoms with Gasteiger partial charge in [0.1, 0.15) is 15.7 Å². The van der Waals surface area contributed by atoms with Crippen LogP contribution in [0.3, 0.4) is 0 Å². The van der Waals surface area contributed by atoms with E-state index in [1.54, 1.807) is 50.2 Å². The molecule has 0 atom stereocenters. The van der Waals surface area contributed by atoms with E-state index in [0.29, 0.717) is 26.8 Å². The molecule has 1 amide bonds. The van der Waals surface area contributed by atoms with Crippen LogP contribution >= 0.6 is 11.3 Å². The average molecular weight is 384 g/mol. The van der Waals surface area contributed by atoms with Gasteiger partial charge in [0.25, 0.3) is 5.91 Å². The summed E-state index contributed by atoms with van der Waals surface area (Å²) >= 11 is 1.23. The molecule has 0 aliphatic carbocycles. The maximum absolute atomic E-state index is 13.1. The van der Waals surface area contributed by atoms with E-state index >= 15 is 0 Å². The minimum Gasteiger partial charge on any atom is -0.462 e. The molecule has 0 aliphatic heterocycles. The largest absolute Gasteiger partial charge is 0.462 e. The third kappa shape index (κ3) is 4.38. The molecule has 3 rings (SSSR count). The first-order valence-corrected chi connectivity index (χ1v) is 9.11. The van der Waals surface area contributed by atoms with Crippen LogP contribution in [0.15, 0.2) is 48.5 Å².